The molecule has 5 aromatic rings. The highest BCUT2D eigenvalue weighted by molar-refractivity contribution is 9.10. The summed E-state index contributed by atoms with van der Waals surface area (Å²) in [5.41, 5.74) is 2.68. The van der Waals surface area contributed by atoms with Crippen molar-refractivity contribution in [2.24, 2.45) is 4.99 Å². The molecule has 228 valence electrons. The average Bonchev–Trinajstić information content (AvgIpc) is 3.33. The fourth-order valence-electron chi connectivity index (χ4n) is 5.49. The standard InChI is InChI=1S/C35H28BrClN2O5S/c1-4-43-34(41)30-20(2)38-35-39(31(30)26-14-7-8-15-27(26)37)33(40)29(45-35)17-23-16-24(36)18-28(42-3)32(23)44-19-22-12-9-11-21-10-5-6-13-25(21)22/h5-18,31H,4,19H2,1-3H3/b29-17-/t31-/m1/s1. The zero-order valence-corrected chi connectivity index (χ0v) is 27.8. The van der Waals surface area contributed by atoms with Crippen molar-refractivity contribution in [3.8, 4) is 11.5 Å². The first-order valence-electron chi connectivity index (χ1n) is 14.2. The minimum absolute atomic E-state index is 0.182. The molecule has 0 radical (unpaired) electrons. The molecule has 7 nitrogen and oxygen atoms in total. The fraction of sp³-hybridized carbons (Fsp3) is 0.171. The number of carbonyl (C=O) groups excluding carboxylic acids is 1. The van der Waals surface area contributed by atoms with Crippen LogP contribution in [0.15, 0.2) is 104 Å². The Hall–Kier alpha value is -4.18. The number of esters is 1. The van der Waals surface area contributed by atoms with Gasteiger partial charge in [-0.1, -0.05) is 99.5 Å². The van der Waals surface area contributed by atoms with Crippen molar-refractivity contribution in [2.45, 2.75) is 26.5 Å². The van der Waals surface area contributed by atoms with Gasteiger partial charge in [-0.3, -0.25) is 9.36 Å². The summed E-state index contributed by atoms with van der Waals surface area (Å²) in [6.45, 7) is 3.95. The van der Waals surface area contributed by atoms with E-state index in [1.807, 2.05) is 42.5 Å². The third-order valence-corrected chi connectivity index (χ3v) is 9.31. The molecule has 0 amide bonds. The number of allylic oxidation sites excluding steroid dienone is 1. The molecule has 4 aromatic carbocycles. The molecule has 1 aliphatic heterocycles. The number of rotatable bonds is 8. The number of nitrogens with zero attached hydrogens (tertiary/aromatic N) is 2. The van der Waals surface area contributed by atoms with Crippen LogP contribution in [-0.4, -0.2) is 24.3 Å². The van der Waals surface area contributed by atoms with Crippen molar-refractivity contribution in [1.82, 2.24) is 4.57 Å². The molecular formula is C35H28BrClN2O5S. The number of fused-ring (bicyclic) bond motifs is 2. The van der Waals surface area contributed by atoms with Crippen LogP contribution >= 0.6 is 38.9 Å². The van der Waals surface area contributed by atoms with Gasteiger partial charge in [0.1, 0.15) is 12.6 Å². The molecule has 0 N–H and O–H groups in total. The van der Waals surface area contributed by atoms with Crippen molar-refractivity contribution < 1.29 is 19.0 Å². The van der Waals surface area contributed by atoms with Crippen LogP contribution in [0.1, 0.15) is 36.6 Å². The molecule has 0 fully saturated rings. The number of ether oxygens (including phenoxy) is 3. The van der Waals surface area contributed by atoms with Crippen molar-refractivity contribution in [3.63, 3.8) is 0 Å². The van der Waals surface area contributed by atoms with Crippen LogP contribution in [0.3, 0.4) is 0 Å². The van der Waals surface area contributed by atoms with Gasteiger partial charge >= 0.3 is 5.97 Å². The minimum atomic E-state index is -0.810. The Morgan fingerprint density at radius 2 is 1.84 bits per heavy atom. The Kier molecular flexibility index (Phi) is 8.94. The number of methoxy groups -OCH3 is 1. The number of carbonyl (C=O) groups is 1. The quantitative estimate of drug-likeness (QED) is 0.164. The zero-order chi connectivity index (χ0) is 31.7. The lowest BCUT2D eigenvalue weighted by Gasteiger charge is -2.25. The first-order valence-corrected chi connectivity index (χ1v) is 16.2. The molecule has 0 aliphatic carbocycles. The van der Waals surface area contributed by atoms with Gasteiger partial charge in [-0.25, -0.2) is 9.79 Å². The highest BCUT2D eigenvalue weighted by atomic mass is 79.9. The van der Waals surface area contributed by atoms with Gasteiger partial charge in [0.25, 0.3) is 5.56 Å². The van der Waals surface area contributed by atoms with Crippen molar-refractivity contribution in [3.05, 3.63) is 136 Å². The smallest absolute Gasteiger partial charge is 0.338 e. The summed E-state index contributed by atoms with van der Waals surface area (Å²) in [6, 6.07) is 24.3. The molecule has 0 unspecified atom stereocenters. The van der Waals surface area contributed by atoms with E-state index >= 15 is 0 Å². The molecule has 0 saturated carbocycles. The summed E-state index contributed by atoms with van der Waals surface area (Å²) in [5, 5.41) is 2.64. The van der Waals surface area contributed by atoms with Crippen molar-refractivity contribution in [2.75, 3.05) is 13.7 Å². The molecular weight excluding hydrogens is 676 g/mol. The Bertz CT molecular complexity index is 2170. The second kappa shape index (κ2) is 13.0. The first kappa shape index (κ1) is 30.8. The van der Waals surface area contributed by atoms with Crippen LogP contribution in [0, 0.1) is 0 Å². The normalized spacial score (nSPS) is 14.7. The molecule has 1 aromatic heterocycles. The summed E-state index contributed by atoms with van der Waals surface area (Å²) >= 11 is 11.4. The molecule has 45 heavy (non-hydrogen) atoms. The maximum atomic E-state index is 14.2. The maximum absolute atomic E-state index is 14.2. The van der Waals surface area contributed by atoms with Gasteiger partial charge in [-0.05, 0) is 60.0 Å². The summed E-state index contributed by atoms with van der Waals surface area (Å²) in [7, 11) is 1.58. The number of thiazole rings is 1. The largest absolute Gasteiger partial charge is 0.493 e. The minimum Gasteiger partial charge on any atom is -0.493 e. The van der Waals surface area contributed by atoms with Crippen molar-refractivity contribution in [1.29, 1.82) is 0 Å². The predicted octanol–water partition coefficient (Wildman–Crippen LogP) is 6.96. The van der Waals surface area contributed by atoms with E-state index in [1.54, 1.807) is 45.2 Å². The lowest BCUT2D eigenvalue weighted by Crippen LogP contribution is -2.40. The lowest BCUT2D eigenvalue weighted by atomic mass is 9.96. The summed E-state index contributed by atoms with van der Waals surface area (Å²) in [5.74, 6) is 0.460. The van der Waals surface area contributed by atoms with Gasteiger partial charge in [-0.2, -0.15) is 0 Å². The second-order valence-corrected chi connectivity index (χ2v) is 12.6. The molecule has 2 heterocycles. The van der Waals surface area contributed by atoms with E-state index < -0.39 is 12.0 Å². The van der Waals surface area contributed by atoms with E-state index in [0.717, 1.165) is 20.8 Å². The SMILES string of the molecule is CCOC(=O)C1=C(C)N=c2s/c(=C\c3cc(Br)cc(OC)c3OCc3cccc4ccccc34)c(=O)n2[C@@H]1c1ccccc1Cl. The second-order valence-electron chi connectivity index (χ2n) is 10.3. The molecule has 10 heteroatoms. The first-order chi connectivity index (χ1) is 21.8. The monoisotopic (exact) mass is 702 g/mol. The van der Waals surface area contributed by atoms with Crippen LogP contribution in [0.4, 0.5) is 0 Å². The molecule has 1 aliphatic rings. The zero-order valence-electron chi connectivity index (χ0n) is 24.7. The Labute approximate surface area is 276 Å². The van der Waals surface area contributed by atoms with Crippen LogP contribution in [0.25, 0.3) is 16.8 Å². The molecule has 0 bridgehead atoms. The third kappa shape index (κ3) is 5.95. The fourth-order valence-corrected chi connectivity index (χ4v) is 7.23. The average molecular weight is 704 g/mol. The Morgan fingerprint density at radius 1 is 1.09 bits per heavy atom. The summed E-state index contributed by atoms with van der Waals surface area (Å²) in [6.07, 6.45) is 1.77. The summed E-state index contributed by atoms with van der Waals surface area (Å²) < 4.78 is 20.2. The van der Waals surface area contributed by atoms with E-state index in [0.29, 0.717) is 42.7 Å². The predicted molar refractivity (Wildman–Crippen MR) is 181 cm³/mol. The topological polar surface area (TPSA) is 79.1 Å². The number of hydrogen-bond acceptors (Lipinski definition) is 7. The van der Waals surface area contributed by atoms with E-state index in [-0.39, 0.29) is 24.3 Å². The summed E-state index contributed by atoms with van der Waals surface area (Å²) in [4.78, 5) is 32.5. The van der Waals surface area contributed by atoms with E-state index in [4.69, 9.17) is 25.8 Å². The molecule has 0 spiro atoms. The number of aromatic nitrogens is 1. The van der Waals surface area contributed by atoms with Gasteiger partial charge in [0.2, 0.25) is 0 Å². The number of halogens is 2. The van der Waals surface area contributed by atoms with Crippen molar-refractivity contribution >= 4 is 61.7 Å². The Morgan fingerprint density at radius 3 is 2.62 bits per heavy atom. The Balaban J connectivity index is 1.49. The van der Waals surface area contributed by atoms with Crippen LogP contribution in [0.5, 0.6) is 11.5 Å². The molecule has 0 saturated heterocycles. The van der Waals surface area contributed by atoms with Gasteiger partial charge < -0.3 is 14.2 Å². The lowest BCUT2D eigenvalue weighted by molar-refractivity contribution is -0.139. The molecule has 1 atom stereocenters. The maximum Gasteiger partial charge on any atom is 0.338 e. The van der Waals surface area contributed by atoms with Crippen LogP contribution < -0.4 is 24.4 Å². The molecule has 6 rings (SSSR count). The van der Waals surface area contributed by atoms with E-state index in [2.05, 4.69) is 39.1 Å². The van der Waals surface area contributed by atoms with Gasteiger partial charge in [-0.15, -0.1) is 0 Å². The van der Waals surface area contributed by atoms with Gasteiger partial charge in [0, 0.05) is 15.1 Å². The van der Waals surface area contributed by atoms with Crippen LogP contribution in [0.2, 0.25) is 5.02 Å². The number of hydrogen-bond donors (Lipinski definition) is 0. The number of benzene rings is 4. The van der Waals surface area contributed by atoms with Crippen LogP contribution in [-0.2, 0) is 16.1 Å². The highest BCUT2D eigenvalue weighted by Crippen LogP contribution is 2.37. The van der Waals surface area contributed by atoms with Gasteiger partial charge in [0.15, 0.2) is 16.3 Å². The third-order valence-electron chi connectivity index (χ3n) is 7.52. The van der Waals surface area contributed by atoms with E-state index in [1.165, 1.54) is 15.9 Å². The highest BCUT2D eigenvalue weighted by Gasteiger charge is 2.34. The van der Waals surface area contributed by atoms with E-state index in [9.17, 15) is 9.59 Å². The van der Waals surface area contributed by atoms with Gasteiger partial charge in [0.05, 0.1) is 29.5 Å².